The van der Waals surface area contributed by atoms with Crippen molar-refractivity contribution in [2.24, 2.45) is 0 Å². The quantitative estimate of drug-likeness (QED) is 0.577. The summed E-state index contributed by atoms with van der Waals surface area (Å²) in [5.74, 6) is -0.507. The Balaban J connectivity index is 0.00000147. The number of carbonyl (C=O) groups excluding carboxylic acids is 2. The zero-order valence-electron chi connectivity index (χ0n) is 10.2. The summed E-state index contributed by atoms with van der Waals surface area (Å²) in [4.78, 5) is 29.7. The molecule has 0 unspecified atom stereocenters. The first-order chi connectivity index (χ1) is 9.18. The molecule has 0 spiro atoms. The Morgan fingerprint density at radius 3 is 2.15 bits per heavy atom. The molecule has 1 aliphatic rings. The minimum Gasteiger partial charge on any atom is -0.270 e. The number of nitrogens with zero attached hydrogens (tertiary/aromatic N) is 2. The van der Waals surface area contributed by atoms with Gasteiger partial charge >= 0.3 is 0 Å². The predicted octanol–water partition coefficient (Wildman–Crippen LogP) is 3.22. The summed E-state index contributed by atoms with van der Waals surface area (Å²) in [5.41, 5.74) is 1.73. The third kappa shape index (κ3) is 2.41. The maximum absolute atomic E-state index is 12.2. The lowest BCUT2D eigenvalue weighted by Crippen LogP contribution is -2.29. The molecule has 3 rings (SSSR count). The minimum atomic E-state index is -0.253. The van der Waals surface area contributed by atoms with Crippen LogP contribution in [0.3, 0.4) is 0 Å². The third-order valence-electron chi connectivity index (χ3n) is 3.04. The number of fused-ring (bicyclic) bond motifs is 1. The zero-order chi connectivity index (χ0) is 13.4. The number of imide groups is 1. The summed E-state index contributed by atoms with van der Waals surface area (Å²) >= 11 is 3.32. The summed E-state index contributed by atoms with van der Waals surface area (Å²) in [7, 11) is 0. The molecule has 1 aromatic carbocycles. The van der Waals surface area contributed by atoms with Gasteiger partial charge in [-0.3, -0.25) is 14.5 Å². The fourth-order valence-corrected chi connectivity index (χ4v) is 2.47. The van der Waals surface area contributed by atoms with Crippen LogP contribution in [0.25, 0.3) is 0 Å². The maximum atomic E-state index is 12.2. The lowest BCUT2D eigenvalue weighted by molar-refractivity contribution is 0.0642. The molecule has 0 N–H and O–H groups in total. The predicted molar refractivity (Wildman–Crippen MR) is 82.9 cm³/mol. The van der Waals surface area contributed by atoms with Crippen LogP contribution < -0.4 is 0 Å². The van der Waals surface area contributed by atoms with E-state index in [-0.39, 0.29) is 35.3 Å². The van der Waals surface area contributed by atoms with E-state index in [1.54, 1.807) is 36.5 Å². The first-order valence-electron chi connectivity index (χ1n) is 5.73. The molecule has 2 amide bonds. The molecule has 0 saturated heterocycles. The Hall–Kier alpha value is -1.53. The van der Waals surface area contributed by atoms with E-state index in [4.69, 9.17) is 0 Å². The molecule has 0 fully saturated rings. The number of hydrogen-bond donors (Lipinski definition) is 0. The Bertz CT molecular complexity index is 653. The first kappa shape index (κ1) is 14.9. The summed E-state index contributed by atoms with van der Waals surface area (Å²) in [6.07, 6.45) is 1.65. The van der Waals surface area contributed by atoms with Crippen LogP contribution in [0.1, 0.15) is 26.3 Å². The normalized spacial score (nSPS) is 13.2. The molecule has 4 nitrogen and oxygen atoms in total. The SMILES string of the molecule is Br.O=C1c2ccccc2C(=O)N1Cc1cccnc1Br. The van der Waals surface area contributed by atoms with Gasteiger partial charge < -0.3 is 0 Å². The first-order valence-corrected chi connectivity index (χ1v) is 6.52. The number of aromatic nitrogens is 1. The number of rotatable bonds is 2. The second-order valence-electron chi connectivity index (χ2n) is 4.20. The average Bonchev–Trinajstić information content (AvgIpc) is 2.67. The van der Waals surface area contributed by atoms with E-state index < -0.39 is 0 Å². The zero-order valence-corrected chi connectivity index (χ0v) is 13.5. The molecule has 0 aliphatic carbocycles. The summed E-state index contributed by atoms with van der Waals surface area (Å²) in [6.45, 7) is 0.223. The Morgan fingerprint density at radius 2 is 1.60 bits per heavy atom. The van der Waals surface area contributed by atoms with Crippen molar-refractivity contribution >= 4 is 44.7 Å². The molecule has 0 saturated carbocycles. The molecule has 2 heterocycles. The summed E-state index contributed by atoms with van der Waals surface area (Å²) in [6, 6.07) is 10.5. The highest BCUT2D eigenvalue weighted by Crippen LogP contribution is 2.25. The van der Waals surface area contributed by atoms with E-state index in [1.165, 1.54) is 4.90 Å². The van der Waals surface area contributed by atoms with Crippen molar-refractivity contribution in [3.63, 3.8) is 0 Å². The number of hydrogen-bond acceptors (Lipinski definition) is 3. The van der Waals surface area contributed by atoms with Crippen molar-refractivity contribution in [3.8, 4) is 0 Å². The van der Waals surface area contributed by atoms with E-state index in [0.717, 1.165) is 5.56 Å². The highest BCUT2D eigenvalue weighted by molar-refractivity contribution is 9.10. The molecule has 2 aromatic rings. The van der Waals surface area contributed by atoms with Gasteiger partial charge in [-0.15, -0.1) is 17.0 Å². The van der Waals surface area contributed by atoms with E-state index in [0.29, 0.717) is 15.7 Å². The Kier molecular flexibility index (Phi) is 4.35. The number of pyridine rings is 1. The topological polar surface area (TPSA) is 50.3 Å². The van der Waals surface area contributed by atoms with Gasteiger partial charge in [0.25, 0.3) is 11.8 Å². The van der Waals surface area contributed by atoms with Gasteiger partial charge in [0.15, 0.2) is 0 Å². The second-order valence-corrected chi connectivity index (χ2v) is 4.95. The lowest BCUT2D eigenvalue weighted by Gasteiger charge is -2.14. The molecule has 1 aliphatic heterocycles. The highest BCUT2D eigenvalue weighted by atomic mass is 79.9. The van der Waals surface area contributed by atoms with Crippen LogP contribution in [0.4, 0.5) is 0 Å². The van der Waals surface area contributed by atoms with Gasteiger partial charge in [0.1, 0.15) is 4.60 Å². The van der Waals surface area contributed by atoms with E-state index in [9.17, 15) is 9.59 Å². The van der Waals surface area contributed by atoms with Crippen molar-refractivity contribution in [1.29, 1.82) is 0 Å². The van der Waals surface area contributed by atoms with Crippen LogP contribution >= 0.6 is 32.9 Å². The summed E-state index contributed by atoms with van der Waals surface area (Å²) < 4.78 is 0.645. The monoisotopic (exact) mass is 396 g/mol. The van der Waals surface area contributed by atoms with Crippen LogP contribution in [-0.2, 0) is 6.54 Å². The van der Waals surface area contributed by atoms with Gasteiger partial charge in [0, 0.05) is 11.8 Å². The van der Waals surface area contributed by atoms with Crippen LogP contribution in [0.2, 0.25) is 0 Å². The molecular weight excluding hydrogens is 388 g/mol. The lowest BCUT2D eigenvalue weighted by atomic mass is 10.1. The van der Waals surface area contributed by atoms with Crippen molar-refractivity contribution in [2.75, 3.05) is 0 Å². The van der Waals surface area contributed by atoms with Gasteiger partial charge in [-0.1, -0.05) is 18.2 Å². The fourth-order valence-electron chi connectivity index (χ4n) is 2.09. The van der Waals surface area contributed by atoms with Crippen LogP contribution in [0.15, 0.2) is 47.2 Å². The number of amides is 2. The van der Waals surface area contributed by atoms with Crippen LogP contribution in [-0.4, -0.2) is 21.7 Å². The number of halogens is 2. The van der Waals surface area contributed by atoms with Gasteiger partial charge in [0.05, 0.1) is 17.7 Å². The number of benzene rings is 1. The Morgan fingerprint density at radius 1 is 1.00 bits per heavy atom. The van der Waals surface area contributed by atoms with E-state index >= 15 is 0 Å². The molecule has 0 radical (unpaired) electrons. The van der Waals surface area contributed by atoms with Gasteiger partial charge in [-0.05, 0) is 34.1 Å². The van der Waals surface area contributed by atoms with E-state index in [1.807, 2.05) is 6.07 Å². The molecule has 6 heteroatoms. The fraction of sp³-hybridized carbons (Fsp3) is 0.0714. The molecule has 20 heavy (non-hydrogen) atoms. The maximum Gasteiger partial charge on any atom is 0.261 e. The minimum absolute atomic E-state index is 0. The van der Waals surface area contributed by atoms with E-state index in [2.05, 4.69) is 20.9 Å². The molecular formula is C14H10Br2N2O2. The third-order valence-corrected chi connectivity index (χ3v) is 3.76. The molecule has 0 atom stereocenters. The van der Waals surface area contributed by atoms with Crippen molar-refractivity contribution < 1.29 is 9.59 Å². The van der Waals surface area contributed by atoms with Gasteiger partial charge in [-0.25, -0.2) is 4.98 Å². The molecule has 0 bridgehead atoms. The molecule has 1 aromatic heterocycles. The van der Waals surface area contributed by atoms with Gasteiger partial charge in [0.2, 0.25) is 0 Å². The largest absolute Gasteiger partial charge is 0.270 e. The summed E-state index contributed by atoms with van der Waals surface area (Å²) in [5, 5.41) is 0. The van der Waals surface area contributed by atoms with Crippen molar-refractivity contribution in [1.82, 2.24) is 9.88 Å². The standard InChI is InChI=1S/C14H9BrN2O2.BrH/c15-12-9(4-3-7-16-12)8-17-13(18)10-5-1-2-6-11(10)14(17)19;/h1-7H,8H2;1H. The molecule has 102 valence electrons. The van der Waals surface area contributed by atoms with Crippen LogP contribution in [0.5, 0.6) is 0 Å². The smallest absolute Gasteiger partial charge is 0.261 e. The number of carbonyl (C=O) groups is 2. The van der Waals surface area contributed by atoms with Crippen molar-refractivity contribution in [2.45, 2.75) is 6.54 Å². The van der Waals surface area contributed by atoms with Crippen LogP contribution in [0, 0.1) is 0 Å². The highest BCUT2D eigenvalue weighted by Gasteiger charge is 2.35. The van der Waals surface area contributed by atoms with Crippen molar-refractivity contribution in [3.05, 3.63) is 63.9 Å². The Labute approximate surface area is 134 Å². The average molecular weight is 398 g/mol. The van der Waals surface area contributed by atoms with Gasteiger partial charge in [-0.2, -0.15) is 0 Å². The second kappa shape index (κ2) is 5.85.